The molecule has 20 heavy (non-hydrogen) atoms. The Labute approximate surface area is 120 Å². The topological polar surface area (TPSA) is 72.6 Å². The zero-order valence-corrected chi connectivity index (χ0v) is 12.6. The third kappa shape index (κ3) is 4.02. The number of sulfonamides is 1. The molecule has 112 valence electrons. The predicted molar refractivity (Wildman–Crippen MR) is 78.6 cm³/mol. The second kappa shape index (κ2) is 6.67. The van der Waals surface area contributed by atoms with Crippen molar-refractivity contribution >= 4 is 10.0 Å². The Hall–Kier alpha value is -0.950. The molecule has 0 radical (unpaired) electrons. The summed E-state index contributed by atoms with van der Waals surface area (Å²) in [6, 6.07) is 7.43. The van der Waals surface area contributed by atoms with Gasteiger partial charge in [0.25, 0.3) is 0 Å². The van der Waals surface area contributed by atoms with Gasteiger partial charge in [-0.3, -0.25) is 0 Å². The lowest BCUT2D eigenvalue weighted by Gasteiger charge is -2.21. The van der Waals surface area contributed by atoms with Crippen molar-refractivity contribution in [3.8, 4) is 0 Å². The lowest BCUT2D eigenvalue weighted by molar-refractivity contribution is 0.0752. The van der Waals surface area contributed by atoms with Crippen LogP contribution in [0, 0.1) is 0 Å². The summed E-state index contributed by atoms with van der Waals surface area (Å²) in [4.78, 5) is 0. The molecule has 1 aromatic carbocycles. The lowest BCUT2D eigenvalue weighted by atomic mass is 10.1. The average Bonchev–Trinajstić information content (AvgIpc) is 2.63. The summed E-state index contributed by atoms with van der Waals surface area (Å²) < 4.78 is 32.0. The average molecular weight is 298 g/mol. The Morgan fingerprint density at radius 2 is 2.15 bits per heavy atom. The highest BCUT2D eigenvalue weighted by Crippen LogP contribution is 2.16. The molecule has 0 aromatic heterocycles. The van der Waals surface area contributed by atoms with E-state index in [0.29, 0.717) is 26.2 Å². The molecule has 1 heterocycles. The highest BCUT2D eigenvalue weighted by Gasteiger charge is 2.26. The van der Waals surface area contributed by atoms with E-state index in [9.17, 15) is 8.42 Å². The Morgan fingerprint density at radius 3 is 2.90 bits per heavy atom. The van der Waals surface area contributed by atoms with Crippen LogP contribution >= 0.6 is 0 Å². The van der Waals surface area contributed by atoms with Gasteiger partial charge < -0.3 is 10.5 Å². The second-order valence-corrected chi connectivity index (χ2v) is 7.14. The van der Waals surface area contributed by atoms with Gasteiger partial charge >= 0.3 is 0 Å². The van der Waals surface area contributed by atoms with E-state index < -0.39 is 10.0 Å². The van der Waals surface area contributed by atoms with Crippen LogP contribution in [0.1, 0.15) is 24.5 Å². The summed E-state index contributed by atoms with van der Waals surface area (Å²) in [7, 11) is -3.31. The van der Waals surface area contributed by atoms with E-state index in [-0.39, 0.29) is 11.9 Å². The number of benzene rings is 1. The van der Waals surface area contributed by atoms with Crippen LogP contribution in [-0.2, 0) is 27.1 Å². The minimum atomic E-state index is -3.31. The summed E-state index contributed by atoms with van der Waals surface area (Å²) in [5.74, 6) is 0.0214. The number of rotatable bonds is 4. The largest absolute Gasteiger partial charge is 0.377 e. The zero-order valence-electron chi connectivity index (χ0n) is 11.8. The normalized spacial score (nSPS) is 21.6. The van der Waals surface area contributed by atoms with Crippen molar-refractivity contribution in [1.29, 1.82) is 0 Å². The van der Waals surface area contributed by atoms with Crippen LogP contribution in [0.25, 0.3) is 0 Å². The second-order valence-electron chi connectivity index (χ2n) is 5.17. The molecule has 0 aliphatic carbocycles. The molecule has 1 fully saturated rings. The van der Waals surface area contributed by atoms with Gasteiger partial charge in [-0.25, -0.2) is 8.42 Å². The molecular weight excluding hydrogens is 276 g/mol. The van der Waals surface area contributed by atoms with Crippen LogP contribution in [0.3, 0.4) is 0 Å². The molecule has 6 heteroatoms. The smallest absolute Gasteiger partial charge is 0.218 e. The Kier molecular flexibility index (Phi) is 5.15. The molecular formula is C14H22N2O3S. The number of hydrogen-bond donors (Lipinski definition) is 1. The van der Waals surface area contributed by atoms with Crippen LogP contribution in [-0.4, -0.2) is 38.5 Å². The van der Waals surface area contributed by atoms with Crippen molar-refractivity contribution in [2.45, 2.75) is 31.7 Å². The van der Waals surface area contributed by atoms with Gasteiger partial charge in [-0.15, -0.1) is 0 Å². The fraction of sp³-hybridized carbons (Fsp3) is 0.571. The lowest BCUT2D eigenvalue weighted by Crippen LogP contribution is -2.36. The van der Waals surface area contributed by atoms with Gasteiger partial charge in [0.2, 0.25) is 10.0 Å². The standard InChI is InChI=1S/C14H22N2O3S/c1-12-10-16(6-3-7-19-12)20(17,18)11-14-5-2-4-13(8-14)9-15/h2,4-5,8,12H,3,6-7,9-11,15H2,1H3. The summed E-state index contributed by atoms with van der Waals surface area (Å²) in [5.41, 5.74) is 7.32. The SMILES string of the molecule is CC1CN(S(=O)(=O)Cc2cccc(CN)c2)CCCO1. The van der Waals surface area contributed by atoms with Crippen LogP contribution in [0.2, 0.25) is 0 Å². The molecule has 1 saturated heterocycles. The fourth-order valence-corrected chi connectivity index (χ4v) is 3.98. The first-order valence-electron chi connectivity index (χ1n) is 6.88. The summed E-state index contributed by atoms with van der Waals surface area (Å²) in [6.45, 7) is 3.91. The number of nitrogens with zero attached hydrogens (tertiary/aromatic N) is 1. The van der Waals surface area contributed by atoms with Crippen LogP contribution in [0.5, 0.6) is 0 Å². The molecule has 0 bridgehead atoms. The highest BCUT2D eigenvalue weighted by atomic mass is 32.2. The summed E-state index contributed by atoms with van der Waals surface area (Å²) in [6.07, 6.45) is 0.689. The molecule has 1 aliphatic heterocycles. The van der Waals surface area contributed by atoms with Gasteiger partial charge in [0.05, 0.1) is 11.9 Å². The predicted octanol–water partition coefficient (Wildman–Crippen LogP) is 1.09. The number of hydrogen-bond acceptors (Lipinski definition) is 4. The number of ether oxygens (including phenoxy) is 1. The molecule has 0 amide bonds. The van der Waals surface area contributed by atoms with Crippen molar-refractivity contribution in [2.75, 3.05) is 19.7 Å². The maximum Gasteiger partial charge on any atom is 0.218 e. The first-order valence-corrected chi connectivity index (χ1v) is 8.49. The highest BCUT2D eigenvalue weighted by molar-refractivity contribution is 7.88. The van der Waals surface area contributed by atoms with Gasteiger partial charge in [0, 0.05) is 26.2 Å². The molecule has 2 rings (SSSR count). The van der Waals surface area contributed by atoms with Gasteiger partial charge in [-0.1, -0.05) is 24.3 Å². The summed E-state index contributed by atoms with van der Waals surface area (Å²) in [5, 5.41) is 0. The van der Waals surface area contributed by atoms with Crippen LogP contribution in [0.4, 0.5) is 0 Å². The summed E-state index contributed by atoms with van der Waals surface area (Å²) >= 11 is 0. The van der Waals surface area contributed by atoms with E-state index >= 15 is 0 Å². The van der Waals surface area contributed by atoms with Crippen molar-refractivity contribution in [1.82, 2.24) is 4.31 Å². The van der Waals surface area contributed by atoms with Gasteiger partial charge in [-0.2, -0.15) is 4.31 Å². The van der Waals surface area contributed by atoms with E-state index in [1.807, 2.05) is 31.2 Å². The third-order valence-electron chi connectivity index (χ3n) is 3.38. The first-order chi connectivity index (χ1) is 9.51. The Balaban J connectivity index is 2.13. The molecule has 1 atom stereocenters. The zero-order chi connectivity index (χ0) is 14.6. The third-order valence-corrected chi connectivity index (χ3v) is 5.20. The molecule has 1 aliphatic rings. The first kappa shape index (κ1) is 15.4. The van der Waals surface area contributed by atoms with E-state index in [2.05, 4.69) is 0 Å². The Morgan fingerprint density at radius 1 is 1.40 bits per heavy atom. The van der Waals surface area contributed by atoms with Crippen molar-refractivity contribution in [3.63, 3.8) is 0 Å². The molecule has 1 unspecified atom stereocenters. The van der Waals surface area contributed by atoms with Gasteiger partial charge in [-0.05, 0) is 24.5 Å². The van der Waals surface area contributed by atoms with Crippen molar-refractivity contribution in [3.05, 3.63) is 35.4 Å². The van der Waals surface area contributed by atoms with Gasteiger partial charge in [0.1, 0.15) is 0 Å². The molecule has 5 nitrogen and oxygen atoms in total. The van der Waals surface area contributed by atoms with E-state index in [1.54, 1.807) is 4.31 Å². The molecule has 0 saturated carbocycles. The fourth-order valence-electron chi connectivity index (χ4n) is 2.36. The Bertz CT molecular complexity index is 545. The van der Waals surface area contributed by atoms with E-state index in [4.69, 9.17) is 10.5 Å². The van der Waals surface area contributed by atoms with E-state index in [1.165, 1.54) is 0 Å². The minimum Gasteiger partial charge on any atom is -0.377 e. The molecule has 0 spiro atoms. The van der Waals surface area contributed by atoms with E-state index in [0.717, 1.165) is 17.5 Å². The molecule has 2 N–H and O–H groups in total. The molecule has 1 aromatic rings. The maximum absolute atomic E-state index is 12.5. The minimum absolute atomic E-state index is 0.0214. The van der Waals surface area contributed by atoms with Crippen molar-refractivity contribution < 1.29 is 13.2 Å². The maximum atomic E-state index is 12.5. The quantitative estimate of drug-likeness (QED) is 0.903. The van der Waals surface area contributed by atoms with Crippen LogP contribution in [0.15, 0.2) is 24.3 Å². The van der Waals surface area contributed by atoms with Crippen LogP contribution < -0.4 is 5.73 Å². The van der Waals surface area contributed by atoms with Gasteiger partial charge in [0.15, 0.2) is 0 Å². The van der Waals surface area contributed by atoms with Crippen molar-refractivity contribution in [2.24, 2.45) is 5.73 Å². The number of nitrogens with two attached hydrogens (primary N) is 1. The monoisotopic (exact) mass is 298 g/mol.